The summed E-state index contributed by atoms with van der Waals surface area (Å²) in [4.78, 5) is 15.1. The lowest BCUT2D eigenvalue weighted by Crippen LogP contribution is -2.09. The summed E-state index contributed by atoms with van der Waals surface area (Å²) in [5.41, 5.74) is 2.66. The van der Waals surface area contributed by atoms with Crippen LogP contribution in [0.2, 0.25) is 0 Å². The Morgan fingerprint density at radius 1 is 1.38 bits per heavy atom. The van der Waals surface area contributed by atoms with E-state index < -0.39 is 0 Å². The predicted octanol–water partition coefficient (Wildman–Crippen LogP) is 4.33. The maximum atomic E-state index is 12.3. The summed E-state index contributed by atoms with van der Waals surface area (Å²) in [5.74, 6) is 0. The van der Waals surface area contributed by atoms with Gasteiger partial charge in [-0.1, -0.05) is 12.8 Å². The number of H-pyrrole nitrogens is 1. The molecule has 1 N–H and O–H groups in total. The molecule has 6 heteroatoms. The highest BCUT2D eigenvalue weighted by Gasteiger charge is 2.25. The number of halogens is 1. The van der Waals surface area contributed by atoms with Crippen molar-refractivity contribution < 1.29 is 0 Å². The van der Waals surface area contributed by atoms with E-state index in [1.165, 1.54) is 12.8 Å². The highest BCUT2D eigenvalue weighted by molar-refractivity contribution is 9.10. The molecule has 1 aliphatic carbocycles. The molecule has 0 amide bonds. The van der Waals surface area contributed by atoms with Crippen LogP contribution in [0.5, 0.6) is 0 Å². The second-order valence-corrected chi connectivity index (χ2v) is 7.07. The molecule has 0 spiro atoms. The Balaban J connectivity index is 2.06. The molecule has 3 aromatic heterocycles. The first-order valence-corrected chi connectivity index (χ1v) is 8.81. The Kier molecular flexibility index (Phi) is 3.23. The summed E-state index contributed by atoms with van der Waals surface area (Å²) in [6.07, 6.45) is 6.47. The molecule has 0 aromatic carbocycles. The van der Waals surface area contributed by atoms with Gasteiger partial charge in [-0.2, -0.15) is 16.4 Å². The van der Waals surface area contributed by atoms with Crippen LogP contribution >= 0.6 is 27.3 Å². The van der Waals surface area contributed by atoms with Crippen molar-refractivity contribution in [3.63, 3.8) is 0 Å². The molecule has 3 aromatic rings. The second kappa shape index (κ2) is 5.10. The molecule has 0 saturated heterocycles. The number of rotatable bonds is 2. The van der Waals surface area contributed by atoms with Crippen LogP contribution in [-0.2, 0) is 0 Å². The van der Waals surface area contributed by atoms with E-state index >= 15 is 0 Å². The largest absolute Gasteiger partial charge is 0.327 e. The van der Waals surface area contributed by atoms with E-state index in [-0.39, 0.29) is 5.56 Å². The minimum absolute atomic E-state index is 0.0707. The van der Waals surface area contributed by atoms with Gasteiger partial charge in [0.05, 0.1) is 21.4 Å². The minimum Gasteiger partial charge on any atom is -0.327 e. The summed E-state index contributed by atoms with van der Waals surface area (Å²) < 4.78 is 2.97. The third-order valence-electron chi connectivity index (χ3n) is 4.16. The zero-order chi connectivity index (χ0) is 14.4. The molecule has 108 valence electrons. The van der Waals surface area contributed by atoms with Crippen LogP contribution in [0.4, 0.5) is 0 Å². The van der Waals surface area contributed by atoms with E-state index in [1.54, 1.807) is 17.5 Å². The van der Waals surface area contributed by atoms with Gasteiger partial charge >= 0.3 is 0 Å². The number of hydrogen-bond acceptors (Lipinski definition) is 3. The quantitative estimate of drug-likeness (QED) is 0.736. The molecule has 4 nitrogen and oxygen atoms in total. The zero-order valence-electron chi connectivity index (χ0n) is 11.3. The van der Waals surface area contributed by atoms with Gasteiger partial charge in [0.1, 0.15) is 5.69 Å². The lowest BCUT2D eigenvalue weighted by Gasteiger charge is -2.11. The fraction of sp³-hybridized carbons (Fsp3) is 0.333. The number of nitrogens with zero attached hydrogens (tertiary/aromatic N) is 2. The van der Waals surface area contributed by atoms with Gasteiger partial charge in [-0.15, -0.1) is 0 Å². The first-order valence-electron chi connectivity index (χ1n) is 7.07. The highest BCUT2D eigenvalue weighted by atomic mass is 79.9. The number of aromatic nitrogens is 3. The van der Waals surface area contributed by atoms with E-state index in [0.29, 0.717) is 11.4 Å². The minimum atomic E-state index is -0.0707. The van der Waals surface area contributed by atoms with Crippen molar-refractivity contribution >= 4 is 38.2 Å². The average molecular weight is 364 g/mol. The Labute approximate surface area is 133 Å². The maximum absolute atomic E-state index is 12.3. The van der Waals surface area contributed by atoms with Crippen LogP contribution in [-0.4, -0.2) is 14.8 Å². The van der Waals surface area contributed by atoms with Crippen molar-refractivity contribution in [3.05, 3.63) is 37.8 Å². The Morgan fingerprint density at radius 3 is 2.90 bits per heavy atom. The van der Waals surface area contributed by atoms with Crippen molar-refractivity contribution in [2.24, 2.45) is 0 Å². The smallest absolute Gasteiger partial charge is 0.259 e. The number of thiophene rings is 1. The molecule has 21 heavy (non-hydrogen) atoms. The lowest BCUT2D eigenvalue weighted by molar-refractivity contribution is 0.482. The van der Waals surface area contributed by atoms with Crippen molar-refractivity contribution in [2.45, 2.75) is 31.7 Å². The molecule has 0 unspecified atom stereocenters. The molecule has 1 saturated carbocycles. The van der Waals surface area contributed by atoms with Crippen LogP contribution < -0.4 is 5.56 Å². The molecular weight excluding hydrogens is 350 g/mol. The summed E-state index contributed by atoms with van der Waals surface area (Å²) >= 11 is 5.20. The van der Waals surface area contributed by atoms with Crippen LogP contribution in [0.25, 0.3) is 22.2 Å². The third kappa shape index (κ3) is 2.08. The molecule has 1 aliphatic rings. The Bertz CT molecular complexity index is 844. The van der Waals surface area contributed by atoms with Gasteiger partial charge in [0.2, 0.25) is 0 Å². The first kappa shape index (κ1) is 13.3. The Morgan fingerprint density at radius 2 is 2.19 bits per heavy atom. The SMILES string of the molecule is O=c1[nH]cc(Br)c2c1c(-c1ccsc1)nn2C1CCCC1. The van der Waals surface area contributed by atoms with Gasteiger partial charge in [-0.05, 0) is 40.2 Å². The number of hydrogen-bond donors (Lipinski definition) is 1. The summed E-state index contributed by atoms with van der Waals surface area (Å²) in [6, 6.07) is 2.42. The summed E-state index contributed by atoms with van der Waals surface area (Å²) in [5, 5.41) is 9.56. The fourth-order valence-electron chi connectivity index (χ4n) is 3.16. The molecule has 3 heterocycles. The first-order chi connectivity index (χ1) is 10.3. The zero-order valence-corrected chi connectivity index (χ0v) is 13.7. The molecule has 0 aliphatic heterocycles. The molecular formula is C15H14BrN3OS. The number of nitrogens with one attached hydrogen (secondary N) is 1. The normalized spacial score (nSPS) is 16.0. The third-order valence-corrected chi connectivity index (χ3v) is 5.45. The standard InChI is InChI=1S/C15H14BrN3OS/c16-11-7-17-15(20)12-13(9-5-6-21-8-9)18-19(14(11)12)10-3-1-2-4-10/h5-8,10H,1-4H2,(H,17,20). The number of aromatic amines is 1. The van der Waals surface area contributed by atoms with E-state index in [4.69, 9.17) is 5.10 Å². The van der Waals surface area contributed by atoms with E-state index in [9.17, 15) is 4.79 Å². The van der Waals surface area contributed by atoms with Crippen molar-refractivity contribution in [1.29, 1.82) is 0 Å². The van der Waals surface area contributed by atoms with E-state index in [1.807, 2.05) is 16.8 Å². The number of pyridine rings is 1. The van der Waals surface area contributed by atoms with Crippen molar-refractivity contribution in [3.8, 4) is 11.3 Å². The van der Waals surface area contributed by atoms with Crippen molar-refractivity contribution in [1.82, 2.24) is 14.8 Å². The molecule has 0 atom stereocenters. The predicted molar refractivity (Wildman–Crippen MR) is 88.9 cm³/mol. The van der Waals surface area contributed by atoms with Gasteiger partial charge in [0, 0.05) is 17.1 Å². The van der Waals surface area contributed by atoms with Gasteiger partial charge in [-0.25, -0.2) is 0 Å². The van der Waals surface area contributed by atoms with Crippen LogP contribution in [0, 0.1) is 0 Å². The van der Waals surface area contributed by atoms with Crippen molar-refractivity contribution in [2.75, 3.05) is 0 Å². The average Bonchev–Trinajstić information content (AvgIpc) is 3.21. The molecule has 0 bridgehead atoms. The summed E-state index contributed by atoms with van der Waals surface area (Å²) in [6.45, 7) is 0. The Hall–Kier alpha value is -1.40. The van der Waals surface area contributed by atoms with Gasteiger partial charge in [0.25, 0.3) is 5.56 Å². The topological polar surface area (TPSA) is 50.7 Å². The second-order valence-electron chi connectivity index (χ2n) is 5.43. The molecule has 4 rings (SSSR count). The number of fused-ring (bicyclic) bond motifs is 1. The molecule has 0 radical (unpaired) electrons. The van der Waals surface area contributed by atoms with Gasteiger partial charge < -0.3 is 4.98 Å². The monoisotopic (exact) mass is 363 g/mol. The lowest BCUT2D eigenvalue weighted by atomic mass is 10.1. The van der Waals surface area contributed by atoms with Gasteiger partial charge in [0.15, 0.2) is 0 Å². The van der Waals surface area contributed by atoms with E-state index in [2.05, 4.69) is 25.6 Å². The fourth-order valence-corrected chi connectivity index (χ4v) is 4.30. The van der Waals surface area contributed by atoms with Crippen LogP contribution in [0.3, 0.4) is 0 Å². The van der Waals surface area contributed by atoms with Crippen LogP contribution in [0.15, 0.2) is 32.3 Å². The van der Waals surface area contributed by atoms with Gasteiger partial charge in [-0.3, -0.25) is 9.48 Å². The van der Waals surface area contributed by atoms with E-state index in [0.717, 1.165) is 34.1 Å². The highest BCUT2D eigenvalue weighted by Crippen LogP contribution is 2.37. The molecule has 1 fully saturated rings. The van der Waals surface area contributed by atoms with Crippen LogP contribution in [0.1, 0.15) is 31.7 Å². The summed E-state index contributed by atoms with van der Waals surface area (Å²) in [7, 11) is 0. The maximum Gasteiger partial charge on any atom is 0.259 e.